The van der Waals surface area contributed by atoms with Crippen LogP contribution < -0.4 is 24.3 Å². The monoisotopic (exact) mass is 542 g/mol. The first-order valence-electron chi connectivity index (χ1n) is 12.1. The molecule has 39 heavy (non-hydrogen) atoms. The highest BCUT2D eigenvalue weighted by molar-refractivity contribution is 5.75. The predicted molar refractivity (Wildman–Crippen MR) is 148 cm³/mol. The third-order valence-corrected chi connectivity index (χ3v) is 5.98. The third-order valence-electron chi connectivity index (χ3n) is 5.98. The van der Waals surface area contributed by atoms with Crippen molar-refractivity contribution in [2.24, 2.45) is 0 Å². The van der Waals surface area contributed by atoms with Gasteiger partial charge in [-0.25, -0.2) is 9.18 Å². The number of urea groups is 1. The summed E-state index contributed by atoms with van der Waals surface area (Å²) >= 11 is 0. The molecule has 0 fully saturated rings. The summed E-state index contributed by atoms with van der Waals surface area (Å²) in [7, 11) is 6.78. The maximum atomic E-state index is 14.6. The van der Waals surface area contributed by atoms with Crippen LogP contribution in [0.4, 0.5) is 13.6 Å². The van der Waals surface area contributed by atoms with E-state index < -0.39 is 11.9 Å². The van der Waals surface area contributed by atoms with E-state index in [1.54, 1.807) is 69.7 Å². The van der Waals surface area contributed by atoms with E-state index in [0.29, 0.717) is 42.2 Å². The van der Waals surface area contributed by atoms with Crippen LogP contribution in [0.2, 0.25) is 0 Å². The van der Waals surface area contributed by atoms with E-state index in [-0.39, 0.29) is 19.1 Å². The number of carbonyl (C=O) groups excluding carboxylic acids is 1. The van der Waals surface area contributed by atoms with Gasteiger partial charge in [-0.15, -0.1) is 6.58 Å². The van der Waals surface area contributed by atoms with Crippen molar-refractivity contribution in [2.45, 2.75) is 25.6 Å². The van der Waals surface area contributed by atoms with E-state index in [0.717, 1.165) is 11.1 Å². The first kappa shape index (κ1) is 31.0. The quantitative estimate of drug-likeness (QED) is 0.266. The first-order chi connectivity index (χ1) is 18.9. The summed E-state index contributed by atoms with van der Waals surface area (Å²) < 4.78 is 45.8. The number of methoxy groups -OCH3 is 4. The van der Waals surface area contributed by atoms with Gasteiger partial charge in [0.25, 0.3) is 0 Å². The Morgan fingerprint density at radius 2 is 1.38 bits per heavy atom. The molecule has 210 valence electrons. The number of nitrogens with zero attached hydrogens (tertiary/aromatic N) is 1. The average molecular weight is 543 g/mol. The Bertz CT molecular complexity index is 1160. The molecule has 0 aliphatic rings. The van der Waals surface area contributed by atoms with Crippen LogP contribution in [0.5, 0.6) is 23.0 Å². The molecule has 0 saturated heterocycles. The molecule has 1 N–H and O–H groups in total. The van der Waals surface area contributed by atoms with Gasteiger partial charge in [0.2, 0.25) is 0 Å². The van der Waals surface area contributed by atoms with E-state index in [4.69, 9.17) is 18.9 Å². The second-order valence-corrected chi connectivity index (χ2v) is 8.26. The minimum Gasteiger partial charge on any atom is -0.497 e. The molecule has 0 spiro atoms. The zero-order valence-corrected chi connectivity index (χ0v) is 23.0. The number of alkyl halides is 1. The Morgan fingerprint density at radius 3 is 1.82 bits per heavy atom. The maximum Gasteiger partial charge on any atom is 0.318 e. The molecule has 3 rings (SSSR count). The number of carbonyl (C=O) groups is 1. The highest BCUT2D eigenvalue weighted by Gasteiger charge is 2.23. The molecule has 1 unspecified atom stereocenters. The van der Waals surface area contributed by atoms with Crippen LogP contribution >= 0.6 is 0 Å². The van der Waals surface area contributed by atoms with Gasteiger partial charge >= 0.3 is 6.03 Å². The molecule has 3 aromatic carbocycles. The van der Waals surface area contributed by atoms with Gasteiger partial charge in [-0.05, 0) is 36.8 Å². The summed E-state index contributed by atoms with van der Waals surface area (Å²) in [5, 5.41) is 2.98. The number of nitrogens with one attached hydrogen (secondary N) is 1. The van der Waals surface area contributed by atoms with Gasteiger partial charge in [0, 0.05) is 28.8 Å². The van der Waals surface area contributed by atoms with Crippen LogP contribution in [-0.2, 0) is 13.1 Å². The Hall–Kier alpha value is -4.27. The molecular formula is C30H36F2N2O5. The lowest BCUT2D eigenvalue weighted by atomic mass is 10.0. The number of ether oxygens (including phenoxy) is 4. The smallest absolute Gasteiger partial charge is 0.318 e. The van der Waals surface area contributed by atoms with Crippen molar-refractivity contribution < 1.29 is 32.5 Å². The summed E-state index contributed by atoms with van der Waals surface area (Å²) in [5.41, 5.74) is 1.94. The molecule has 0 heterocycles. The Labute approximate surface area is 228 Å². The first-order valence-corrected chi connectivity index (χ1v) is 12.1. The molecule has 3 aromatic rings. The summed E-state index contributed by atoms with van der Waals surface area (Å²) in [4.78, 5) is 15.3. The van der Waals surface area contributed by atoms with Gasteiger partial charge < -0.3 is 29.2 Å². The molecule has 0 radical (unpaired) electrons. The molecule has 7 nitrogen and oxygen atoms in total. The standard InChI is InChI=1S/C29H33FN2O5.CH3F/c1-6-9-26(24-10-7-8-11-25(24)30)31-29(33)32(18-20-12-14-22(34-2)16-27(20)36-4)19-21-13-15-23(35-3)17-28(21)37-5;1-2/h6-8,10-17,26H,1,9,18-19H2,2-5H3,(H,31,33);1H3. The van der Waals surface area contributed by atoms with Crippen molar-refractivity contribution in [2.75, 3.05) is 35.6 Å². The fourth-order valence-electron chi connectivity index (χ4n) is 4.00. The number of hydrogen-bond donors (Lipinski definition) is 1. The zero-order valence-electron chi connectivity index (χ0n) is 23.0. The van der Waals surface area contributed by atoms with Crippen molar-refractivity contribution in [1.82, 2.24) is 10.2 Å². The van der Waals surface area contributed by atoms with Crippen molar-refractivity contribution in [3.05, 3.63) is 95.8 Å². The van der Waals surface area contributed by atoms with Crippen LogP contribution in [0.3, 0.4) is 0 Å². The molecule has 0 bridgehead atoms. The van der Waals surface area contributed by atoms with E-state index >= 15 is 0 Å². The summed E-state index contributed by atoms with van der Waals surface area (Å²) in [6.07, 6.45) is 2.01. The average Bonchev–Trinajstić information content (AvgIpc) is 2.98. The SMILES string of the molecule is C=CCC(NC(=O)N(Cc1ccc(OC)cc1OC)Cc1ccc(OC)cc1OC)c1ccccc1F.CF. The third kappa shape index (κ3) is 8.36. The fourth-order valence-corrected chi connectivity index (χ4v) is 4.00. The van der Waals surface area contributed by atoms with Gasteiger partial charge in [0.15, 0.2) is 0 Å². The van der Waals surface area contributed by atoms with E-state index in [9.17, 15) is 13.6 Å². The highest BCUT2D eigenvalue weighted by Crippen LogP contribution is 2.30. The van der Waals surface area contributed by atoms with Gasteiger partial charge in [-0.1, -0.05) is 24.3 Å². The topological polar surface area (TPSA) is 69.3 Å². The fraction of sp³-hybridized carbons (Fsp3) is 0.300. The van der Waals surface area contributed by atoms with Crippen LogP contribution in [0.15, 0.2) is 73.3 Å². The van der Waals surface area contributed by atoms with Crippen molar-refractivity contribution in [3.63, 3.8) is 0 Å². The van der Waals surface area contributed by atoms with Crippen LogP contribution in [-0.4, -0.2) is 46.5 Å². The van der Waals surface area contributed by atoms with E-state index in [2.05, 4.69) is 11.9 Å². The summed E-state index contributed by atoms with van der Waals surface area (Å²) in [6.45, 7) is 4.21. The minimum absolute atomic E-state index is 0.215. The lowest BCUT2D eigenvalue weighted by molar-refractivity contribution is 0.186. The van der Waals surface area contributed by atoms with E-state index in [1.807, 2.05) is 24.3 Å². The van der Waals surface area contributed by atoms with Crippen molar-refractivity contribution in [3.8, 4) is 23.0 Å². The molecule has 2 amide bonds. The Kier molecular flexibility index (Phi) is 12.6. The minimum atomic E-state index is -0.593. The lowest BCUT2D eigenvalue weighted by Crippen LogP contribution is -2.41. The molecule has 0 aliphatic heterocycles. The highest BCUT2D eigenvalue weighted by atomic mass is 19.1. The number of halogens is 2. The Balaban J connectivity index is 0.00000260. The zero-order chi connectivity index (χ0) is 28.8. The summed E-state index contributed by atoms with van der Waals surface area (Å²) in [5.74, 6) is 2.04. The molecule has 1 atom stereocenters. The van der Waals surface area contributed by atoms with Gasteiger partial charge in [0.05, 0.1) is 54.7 Å². The number of amides is 2. The molecule has 9 heteroatoms. The maximum absolute atomic E-state index is 14.6. The van der Waals surface area contributed by atoms with Gasteiger partial charge in [-0.3, -0.25) is 4.39 Å². The van der Waals surface area contributed by atoms with Crippen LogP contribution in [0.1, 0.15) is 29.2 Å². The number of rotatable bonds is 12. The molecule has 0 aromatic heterocycles. The number of hydrogen-bond acceptors (Lipinski definition) is 5. The molecule has 0 aliphatic carbocycles. The second kappa shape index (κ2) is 15.9. The lowest BCUT2D eigenvalue weighted by Gasteiger charge is -2.28. The second-order valence-electron chi connectivity index (χ2n) is 8.26. The van der Waals surface area contributed by atoms with Crippen molar-refractivity contribution >= 4 is 6.03 Å². The van der Waals surface area contributed by atoms with Crippen molar-refractivity contribution in [1.29, 1.82) is 0 Å². The van der Waals surface area contributed by atoms with Crippen LogP contribution in [0, 0.1) is 5.82 Å². The molecule has 0 saturated carbocycles. The largest absolute Gasteiger partial charge is 0.497 e. The normalized spacial score (nSPS) is 10.8. The van der Waals surface area contributed by atoms with Gasteiger partial charge in [0.1, 0.15) is 28.8 Å². The van der Waals surface area contributed by atoms with E-state index in [1.165, 1.54) is 6.07 Å². The molecular weight excluding hydrogens is 506 g/mol. The van der Waals surface area contributed by atoms with Gasteiger partial charge in [-0.2, -0.15) is 0 Å². The Morgan fingerprint density at radius 1 is 0.872 bits per heavy atom. The number of benzene rings is 3. The van der Waals surface area contributed by atoms with Crippen LogP contribution in [0.25, 0.3) is 0 Å². The predicted octanol–water partition coefficient (Wildman–Crippen LogP) is 6.48. The summed E-state index contributed by atoms with van der Waals surface area (Å²) in [6, 6.07) is 16.2.